The molecule has 0 aliphatic rings. The smallest absolute Gasteiger partial charge is 0.417 e. The van der Waals surface area contributed by atoms with Gasteiger partial charge in [0.05, 0.1) is 22.9 Å². The number of aryl methyl sites for hydroxylation is 1. The Morgan fingerprint density at radius 1 is 1.11 bits per heavy atom. The molecule has 0 atom stereocenters. The maximum Gasteiger partial charge on any atom is 0.417 e. The van der Waals surface area contributed by atoms with Gasteiger partial charge in [-0.1, -0.05) is 41.0 Å². The molecule has 4 aromatic rings. The highest BCUT2D eigenvalue weighted by atomic mass is 35.5. The Morgan fingerprint density at radius 3 is 2.59 bits per heavy atom. The number of pyridine rings is 1. The maximum atomic E-state index is 13.6. The number of ether oxygens (including phenoxy) is 1. The summed E-state index contributed by atoms with van der Waals surface area (Å²) in [4.78, 5) is 19.4. The number of aliphatic carboxylic acids is 1. The lowest BCUT2D eigenvalue weighted by molar-refractivity contribution is -0.138. The quantitative estimate of drug-likeness (QED) is 0.257. The SMILES string of the molecule is COCc1cc(-c2nc(-c3cnc(CCCC(=O)O)c(Cl)c3)no2)ccc1-c1ccccc1C(F)(F)F. The number of carbonyl (C=O) groups is 1. The van der Waals surface area contributed by atoms with Gasteiger partial charge in [-0.3, -0.25) is 9.78 Å². The molecule has 7 nitrogen and oxygen atoms in total. The molecular weight excluding hydrogens is 511 g/mol. The van der Waals surface area contributed by atoms with Gasteiger partial charge in [-0.05, 0) is 53.8 Å². The van der Waals surface area contributed by atoms with Crippen molar-refractivity contribution >= 4 is 17.6 Å². The van der Waals surface area contributed by atoms with Crippen LogP contribution in [0.2, 0.25) is 5.02 Å². The maximum absolute atomic E-state index is 13.6. The molecule has 0 aliphatic heterocycles. The number of carboxylic acids is 1. The van der Waals surface area contributed by atoms with Crippen LogP contribution >= 0.6 is 11.6 Å². The summed E-state index contributed by atoms with van der Waals surface area (Å²) < 4.78 is 51.5. The van der Waals surface area contributed by atoms with E-state index in [1.54, 1.807) is 30.3 Å². The van der Waals surface area contributed by atoms with E-state index in [0.29, 0.717) is 45.8 Å². The van der Waals surface area contributed by atoms with Crippen LogP contribution in [0.4, 0.5) is 13.2 Å². The van der Waals surface area contributed by atoms with Gasteiger partial charge in [0.2, 0.25) is 5.82 Å². The van der Waals surface area contributed by atoms with Crippen molar-refractivity contribution in [1.82, 2.24) is 15.1 Å². The fraction of sp³-hybridized carbons (Fsp3) is 0.231. The first-order valence-electron chi connectivity index (χ1n) is 11.2. The van der Waals surface area contributed by atoms with Crippen molar-refractivity contribution in [3.63, 3.8) is 0 Å². The third-order valence-corrected chi connectivity index (χ3v) is 5.91. The molecule has 0 bridgehead atoms. The molecule has 0 aliphatic carbocycles. The molecule has 0 saturated carbocycles. The molecule has 2 aromatic heterocycles. The summed E-state index contributed by atoms with van der Waals surface area (Å²) in [6.07, 6.45) is -2.16. The first-order valence-corrected chi connectivity index (χ1v) is 11.5. The topological polar surface area (TPSA) is 98.3 Å². The standard InChI is InChI=1S/C26H21ClF3N3O4/c1-36-14-17-11-15(9-10-18(17)19-5-2-3-6-20(19)26(28,29)30)25-32-24(33-37-25)16-12-21(27)22(31-13-16)7-4-8-23(34)35/h2-3,5-6,9-13H,4,7-8,14H2,1H3,(H,34,35). The van der Waals surface area contributed by atoms with Crippen LogP contribution in [0, 0.1) is 0 Å². The average Bonchev–Trinajstić information content (AvgIpc) is 3.35. The van der Waals surface area contributed by atoms with E-state index >= 15 is 0 Å². The van der Waals surface area contributed by atoms with Crippen molar-refractivity contribution in [3.8, 4) is 34.0 Å². The number of nitrogens with zero attached hydrogens (tertiary/aromatic N) is 3. The predicted octanol–water partition coefficient (Wildman–Crippen LogP) is 6.69. The van der Waals surface area contributed by atoms with Crippen LogP contribution in [0.3, 0.4) is 0 Å². The fourth-order valence-electron chi connectivity index (χ4n) is 3.87. The lowest BCUT2D eigenvalue weighted by atomic mass is 9.94. The van der Waals surface area contributed by atoms with Crippen molar-refractivity contribution < 1.29 is 32.3 Å². The van der Waals surface area contributed by atoms with Crippen molar-refractivity contribution in [3.05, 3.63) is 76.6 Å². The van der Waals surface area contributed by atoms with Crippen molar-refractivity contribution in [1.29, 1.82) is 0 Å². The second-order valence-corrected chi connectivity index (χ2v) is 8.58. The molecule has 192 valence electrons. The van der Waals surface area contributed by atoms with Crippen molar-refractivity contribution in [2.75, 3.05) is 7.11 Å². The van der Waals surface area contributed by atoms with Gasteiger partial charge < -0.3 is 14.4 Å². The summed E-state index contributed by atoms with van der Waals surface area (Å²) >= 11 is 6.30. The number of benzene rings is 2. The number of hydrogen-bond acceptors (Lipinski definition) is 6. The zero-order valence-corrected chi connectivity index (χ0v) is 20.3. The Bertz CT molecular complexity index is 1420. The molecule has 4 rings (SSSR count). The van der Waals surface area contributed by atoms with E-state index in [4.69, 9.17) is 26.0 Å². The molecule has 2 aromatic carbocycles. The van der Waals surface area contributed by atoms with E-state index in [2.05, 4.69) is 15.1 Å². The average molecular weight is 532 g/mol. The van der Waals surface area contributed by atoms with Crippen LogP contribution in [0.25, 0.3) is 34.0 Å². The van der Waals surface area contributed by atoms with Gasteiger partial charge >= 0.3 is 12.1 Å². The first-order chi connectivity index (χ1) is 17.7. The van der Waals surface area contributed by atoms with Gasteiger partial charge in [-0.2, -0.15) is 18.2 Å². The van der Waals surface area contributed by atoms with E-state index < -0.39 is 17.7 Å². The molecular formula is C26H21ClF3N3O4. The minimum atomic E-state index is -4.51. The van der Waals surface area contributed by atoms with Crippen LogP contribution in [0.1, 0.15) is 29.7 Å². The number of aromatic nitrogens is 3. The molecule has 0 saturated heterocycles. The van der Waals surface area contributed by atoms with E-state index in [9.17, 15) is 18.0 Å². The minimum absolute atomic E-state index is 0.0135. The lowest BCUT2D eigenvalue weighted by Crippen LogP contribution is -2.07. The van der Waals surface area contributed by atoms with Gasteiger partial charge in [-0.15, -0.1) is 0 Å². The van der Waals surface area contributed by atoms with E-state index in [0.717, 1.165) is 6.07 Å². The predicted molar refractivity (Wildman–Crippen MR) is 130 cm³/mol. The molecule has 0 fully saturated rings. The number of carboxylic acid groups (broad SMARTS) is 1. The van der Waals surface area contributed by atoms with Gasteiger partial charge in [0.15, 0.2) is 0 Å². The molecule has 0 unspecified atom stereocenters. The monoisotopic (exact) mass is 531 g/mol. The van der Waals surface area contributed by atoms with Gasteiger partial charge in [0, 0.05) is 30.9 Å². The Kier molecular flexibility index (Phi) is 7.89. The second kappa shape index (κ2) is 11.1. The molecule has 11 heteroatoms. The molecule has 1 N–H and O–H groups in total. The van der Waals surface area contributed by atoms with Crippen LogP contribution in [0.15, 0.2) is 59.3 Å². The van der Waals surface area contributed by atoms with Gasteiger partial charge in [-0.25, -0.2) is 0 Å². The summed E-state index contributed by atoms with van der Waals surface area (Å²) in [5.41, 5.74) is 1.77. The highest BCUT2D eigenvalue weighted by Crippen LogP contribution is 2.39. The Morgan fingerprint density at radius 2 is 1.89 bits per heavy atom. The van der Waals surface area contributed by atoms with Gasteiger partial charge in [0.1, 0.15) is 0 Å². The lowest BCUT2D eigenvalue weighted by Gasteiger charge is -2.16. The Hall–Kier alpha value is -3.76. The number of halogens is 4. The number of methoxy groups -OCH3 is 1. The summed E-state index contributed by atoms with van der Waals surface area (Å²) in [5.74, 6) is -0.510. The van der Waals surface area contributed by atoms with Crippen LogP contribution in [-0.4, -0.2) is 33.3 Å². The first kappa shape index (κ1) is 26.3. The zero-order valence-electron chi connectivity index (χ0n) is 19.6. The largest absolute Gasteiger partial charge is 0.481 e. The highest BCUT2D eigenvalue weighted by Gasteiger charge is 2.33. The van der Waals surface area contributed by atoms with Gasteiger partial charge in [0.25, 0.3) is 5.89 Å². The van der Waals surface area contributed by atoms with E-state index in [-0.39, 0.29) is 30.3 Å². The zero-order chi connectivity index (χ0) is 26.6. The highest BCUT2D eigenvalue weighted by molar-refractivity contribution is 6.31. The normalized spacial score (nSPS) is 11.6. The van der Waals surface area contributed by atoms with Crippen molar-refractivity contribution in [2.24, 2.45) is 0 Å². The Balaban J connectivity index is 1.63. The molecule has 2 heterocycles. The summed E-state index contributed by atoms with van der Waals surface area (Å²) in [5, 5.41) is 13.1. The van der Waals surface area contributed by atoms with Crippen LogP contribution < -0.4 is 0 Å². The summed E-state index contributed by atoms with van der Waals surface area (Å²) in [7, 11) is 1.46. The fourth-order valence-corrected chi connectivity index (χ4v) is 4.13. The number of alkyl halides is 3. The number of hydrogen-bond donors (Lipinski definition) is 1. The Labute approximate surface area is 214 Å². The van der Waals surface area contributed by atoms with Crippen molar-refractivity contribution in [2.45, 2.75) is 32.0 Å². The third-order valence-electron chi connectivity index (χ3n) is 5.58. The molecule has 37 heavy (non-hydrogen) atoms. The van der Waals surface area contributed by atoms with Crippen LogP contribution in [0.5, 0.6) is 0 Å². The number of rotatable bonds is 9. The summed E-state index contributed by atoms with van der Waals surface area (Å²) in [6.45, 7) is 0.0687. The summed E-state index contributed by atoms with van der Waals surface area (Å²) in [6, 6.07) is 11.8. The minimum Gasteiger partial charge on any atom is -0.481 e. The van der Waals surface area contributed by atoms with E-state index in [1.165, 1.54) is 25.4 Å². The van der Waals surface area contributed by atoms with E-state index in [1.807, 2.05) is 0 Å². The molecule has 0 radical (unpaired) electrons. The molecule has 0 spiro atoms. The third kappa shape index (κ3) is 6.15. The second-order valence-electron chi connectivity index (χ2n) is 8.17. The van der Waals surface area contributed by atoms with Crippen LogP contribution in [-0.2, 0) is 28.7 Å². The molecule has 0 amide bonds.